The van der Waals surface area contributed by atoms with Crippen molar-refractivity contribution < 1.29 is 4.79 Å². The summed E-state index contributed by atoms with van der Waals surface area (Å²) in [7, 11) is 0. The summed E-state index contributed by atoms with van der Waals surface area (Å²) >= 11 is 0. The second-order valence-electron chi connectivity index (χ2n) is 11.5. The molecule has 0 heterocycles. The van der Waals surface area contributed by atoms with Gasteiger partial charge in [0.2, 0.25) is 0 Å². The fourth-order valence-electron chi connectivity index (χ4n) is 8.29. The van der Waals surface area contributed by atoms with Crippen molar-refractivity contribution in [2.45, 2.75) is 98.8 Å². The third-order valence-electron chi connectivity index (χ3n) is 9.87. The van der Waals surface area contributed by atoms with Crippen molar-refractivity contribution in [1.82, 2.24) is 0 Å². The maximum absolute atomic E-state index is 12.1. The number of carbonyl (C=O) groups is 1. The molecule has 7 atom stereocenters. The first kappa shape index (κ1) is 20.4. The molecule has 0 N–H and O–H groups in total. The summed E-state index contributed by atoms with van der Waals surface area (Å²) in [6.45, 7) is 12.2. The molecule has 0 aromatic heterocycles. The molecule has 1 heteroatoms. The van der Waals surface area contributed by atoms with Crippen LogP contribution in [-0.4, -0.2) is 5.78 Å². The third kappa shape index (κ3) is 3.25. The molecule has 0 aliphatic heterocycles. The van der Waals surface area contributed by atoms with Gasteiger partial charge in [-0.1, -0.05) is 44.1 Å². The average molecular weight is 383 g/mol. The maximum Gasteiger partial charge on any atom is 0.136 e. The van der Waals surface area contributed by atoms with E-state index < -0.39 is 0 Å². The molecule has 0 unspecified atom stereocenters. The molecule has 28 heavy (non-hydrogen) atoms. The second-order valence-corrected chi connectivity index (χ2v) is 11.5. The quantitative estimate of drug-likeness (QED) is 0.460. The van der Waals surface area contributed by atoms with E-state index in [1.807, 2.05) is 0 Å². The van der Waals surface area contributed by atoms with Gasteiger partial charge in [0.25, 0.3) is 0 Å². The van der Waals surface area contributed by atoms with Gasteiger partial charge in [-0.2, -0.15) is 0 Å². The van der Waals surface area contributed by atoms with Crippen molar-refractivity contribution in [3.63, 3.8) is 0 Å². The van der Waals surface area contributed by atoms with Crippen LogP contribution in [0.2, 0.25) is 0 Å². The first-order valence-electron chi connectivity index (χ1n) is 12.1. The first-order valence-corrected chi connectivity index (χ1v) is 12.1. The molecule has 4 rings (SSSR count). The van der Waals surface area contributed by atoms with E-state index in [1.54, 1.807) is 0 Å². The molecule has 0 bridgehead atoms. The van der Waals surface area contributed by atoms with Gasteiger partial charge in [0.1, 0.15) is 5.78 Å². The molecule has 4 aliphatic carbocycles. The zero-order valence-electron chi connectivity index (χ0n) is 19.0. The Labute approximate surface area is 173 Å². The van der Waals surface area contributed by atoms with Crippen LogP contribution in [0, 0.1) is 40.4 Å². The van der Waals surface area contributed by atoms with Gasteiger partial charge in [0.05, 0.1) is 0 Å². The van der Waals surface area contributed by atoms with Gasteiger partial charge in [-0.3, -0.25) is 4.79 Å². The molecule has 1 nitrogen and oxygen atoms in total. The number of Topliss-reactive ketones (excluding diaryl/α,β-unsaturated/α-hetero) is 1. The lowest BCUT2D eigenvalue weighted by Gasteiger charge is -2.58. The predicted octanol–water partition coefficient (Wildman–Crippen LogP) is 7.52. The highest BCUT2D eigenvalue weighted by Gasteiger charge is 2.59. The van der Waals surface area contributed by atoms with Crippen LogP contribution in [0.1, 0.15) is 98.8 Å². The molecule has 0 aromatic carbocycles. The molecular weight excluding hydrogens is 340 g/mol. The molecule has 0 amide bonds. The van der Waals surface area contributed by atoms with Crippen LogP contribution in [0.4, 0.5) is 0 Å². The highest BCUT2D eigenvalue weighted by atomic mass is 16.1. The summed E-state index contributed by atoms with van der Waals surface area (Å²) in [4.78, 5) is 12.1. The Balaban J connectivity index is 1.52. The van der Waals surface area contributed by atoms with Crippen LogP contribution in [-0.2, 0) is 4.79 Å². The van der Waals surface area contributed by atoms with Crippen LogP contribution in [0.3, 0.4) is 0 Å². The zero-order chi connectivity index (χ0) is 20.1. The Morgan fingerprint density at radius 1 is 1.18 bits per heavy atom. The summed E-state index contributed by atoms with van der Waals surface area (Å²) in [5.41, 5.74) is 3.86. The van der Waals surface area contributed by atoms with Gasteiger partial charge in [0, 0.05) is 12.8 Å². The van der Waals surface area contributed by atoms with Gasteiger partial charge in [0.15, 0.2) is 0 Å². The van der Waals surface area contributed by atoms with Crippen LogP contribution in [0.25, 0.3) is 0 Å². The second kappa shape index (κ2) is 7.44. The largest absolute Gasteiger partial charge is 0.299 e. The Morgan fingerprint density at radius 2 is 1.96 bits per heavy atom. The van der Waals surface area contributed by atoms with Gasteiger partial charge >= 0.3 is 0 Å². The minimum Gasteiger partial charge on any atom is -0.299 e. The SMILES string of the molecule is CC(C)=CCC[C@@H](C)[C@H]1CC[C@H]2[C@@H]3CC=C4CC(=O)CC[C@]4(C)[C@H]3CC[C@]12C. The maximum atomic E-state index is 12.1. The number of ketones is 1. The molecule has 156 valence electrons. The summed E-state index contributed by atoms with van der Waals surface area (Å²) in [6, 6.07) is 0. The lowest BCUT2D eigenvalue weighted by Crippen LogP contribution is -2.50. The van der Waals surface area contributed by atoms with Crippen LogP contribution in [0.15, 0.2) is 23.3 Å². The first-order chi connectivity index (χ1) is 13.3. The number of hydrogen-bond acceptors (Lipinski definition) is 1. The lowest BCUT2D eigenvalue weighted by atomic mass is 9.47. The Kier molecular flexibility index (Phi) is 5.43. The van der Waals surface area contributed by atoms with E-state index in [9.17, 15) is 4.79 Å². The molecular formula is C27H42O. The number of fused-ring (bicyclic) bond motifs is 5. The Hall–Kier alpha value is -0.850. The Morgan fingerprint density at radius 3 is 2.71 bits per heavy atom. The zero-order valence-corrected chi connectivity index (χ0v) is 19.0. The average Bonchev–Trinajstić information content (AvgIpc) is 2.99. The van der Waals surface area contributed by atoms with Crippen molar-refractivity contribution in [2.75, 3.05) is 0 Å². The Bertz CT molecular complexity index is 680. The minimum absolute atomic E-state index is 0.325. The number of hydrogen-bond donors (Lipinski definition) is 0. The van der Waals surface area contributed by atoms with E-state index in [-0.39, 0.29) is 0 Å². The molecule has 0 radical (unpaired) electrons. The summed E-state index contributed by atoms with van der Waals surface area (Å²) in [5.74, 6) is 4.85. The van der Waals surface area contributed by atoms with Gasteiger partial charge in [-0.25, -0.2) is 0 Å². The van der Waals surface area contributed by atoms with E-state index in [0.29, 0.717) is 16.6 Å². The van der Waals surface area contributed by atoms with E-state index in [2.05, 4.69) is 46.8 Å². The third-order valence-corrected chi connectivity index (χ3v) is 9.87. The normalized spacial score (nSPS) is 43.5. The fourth-order valence-corrected chi connectivity index (χ4v) is 8.29. The number of rotatable bonds is 4. The summed E-state index contributed by atoms with van der Waals surface area (Å²) in [6.07, 6.45) is 17.2. The van der Waals surface area contributed by atoms with E-state index in [0.717, 1.165) is 48.9 Å². The van der Waals surface area contributed by atoms with Crippen LogP contribution in [0.5, 0.6) is 0 Å². The van der Waals surface area contributed by atoms with Crippen molar-refractivity contribution in [1.29, 1.82) is 0 Å². The van der Waals surface area contributed by atoms with Crippen LogP contribution >= 0.6 is 0 Å². The molecule has 0 aromatic rings. The highest BCUT2D eigenvalue weighted by Crippen LogP contribution is 2.67. The molecule has 4 aliphatic rings. The van der Waals surface area contributed by atoms with Gasteiger partial charge < -0.3 is 0 Å². The van der Waals surface area contributed by atoms with E-state index in [4.69, 9.17) is 0 Å². The van der Waals surface area contributed by atoms with Crippen molar-refractivity contribution in [3.8, 4) is 0 Å². The number of allylic oxidation sites excluding steroid dienone is 4. The van der Waals surface area contributed by atoms with Crippen molar-refractivity contribution in [3.05, 3.63) is 23.3 Å². The molecule has 3 fully saturated rings. The van der Waals surface area contributed by atoms with Crippen LogP contribution < -0.4 is 0 Å². The summed E-state index contributed by atoms with van der Waals surface area (Å²) < 4.78 is 0. The molecule has 0 saturated heterocycles. The highest BCUT2D eigenvalue weighted by molar-refractivity contribution is 5.82. The number of carbonyl (C=O) groups excluding carboxylic acids is 1. The van der Waals surface area contributed by atoms with E-state index in [1.165, 1.54) is 56.1 Å². The van der Waals surface area contributed by atoms with Gasteiger partial charge in [-0.15, -0.1) is 0 Å². The topological polar surface area (TPSA) is 17.1 Å². The predicted molar refractivity (Wildman–Crippen MR) is 118 cm³/mol. The van der Waals surface area contributed by atoms with Crippen molar-refractivity contribution >= 4 is 5.78 Å². The standard InChI is InChI=1S/C27H42O/c1-18(2)7-6-8-19(3)23-11-12-24-22-10-9-20-17-21(28)13-15-26(20,4)25(22)14-16-27(23,24)5/h7,9,19,22-25H,6,8,10-17H2,1-5H3/t19-,22+,23-,24+,25+,26+,27-/m1/s1. The van der Waals surface area contributed by atoms with Crippen molar-refractivity contribution in [2.24, 2.45) is 40.4 Å². The summed E-state index contributed by atoms with van der Waals surface area (Å²) in [5, 5.41) is 0. The smallest absolute Gasteiger partial charge is 0.136 e. The fraction of sp³-hybridized carbons (Fsp3) is 0.815. The molecule has 0 spiro atoms. The van der Waals surface area contributed by atoms with Gasteiger partial charge in [-0.05, 0) is 106 Å². The lowest BCUT2D eigenvalue weighted by molar-refractivity contribution is -0.122. The minimum atomic E-state index is 0.325. The molecule has 3 saturated carbocycles. The van der Waals surface area contributed by atoms with E-state index >= 15 is 0 Å². The monoisotopic (exact) mass is 382 g/mol.